The summed E-state index contributed by atoms with van der Waals surface area (Å²) in [6, 6.07) is 3.09. The van der Waals surface area contributed by atoms with Crippen LogP contribution in [0.3, 0.4) is 0 Å². The van der Waals surface area contributed by atoms with Crippen LogP contribution in [0.4, 0.5) is 13.2 Å². The molecule has 0 aliphatic heterocycles. The highest BCUT2D eigenvalue weighted by Crippen LogP contribution is 2.46. The molecule has 1 saturated carbocycles. The van der Waals surface area contributed by atoms with E-state index in [-0.39, 0.29) is 28.5 Å². The van der Waals surface area contributed by atoms with Crippen LogP contribution in [0.25, 0.3) is 11.4 Å². The molecule has 1 aliphatic carbocycles. The first-order valence-corrected chi connectivity index (χ1v) is 9.61. The smallest absolute Gasteiger partial charge is 0.280 e. The molecule has 0 N–H and O–H groups in total. The summed E-state index contributed by atoms with van der Waals surface area (Å²) < 4.78 is 49.7. The molecular weight excluding hydrogens is 491 g/mol. The highest BCUT2D eigenvalue weighted by Gasteiger charge is 2.33. The Morgan fingerprint density at radius 2 is 1.89 bits per heavy atom. The van der Waals surface area contributed by atoms with Crippen molar-refractivity contribution in [2.45, 2.75) is 18.8 Å². The number of aromatic nitrogens is 3. The minimum Gasteiger partial charge on any atom is -0.494 e. The van der Waals surface area contributed by atoms with Crippen LogP contribution in [0.1, 0.15) is 35.7 Å². The highest BCUT2D eigenvalue weighted by molar-refractivity contribution is 9.11. The van der Waals surface area contributed by atoms with E-state index in [0.717, 1.165) is 25.2 Å². The minimum atomic E-state index is -1.88. The van der Waals surface area contributed by atoms with Gasteiger partial charge in [0.2, 0.25) is 5.78 Å². The first kappa shape index (κ1) is 18.5. The van der Waals surface area contributed by atoms with Crippen molar-refractivity contribution < 1.29 is 17.9 Å². The number of hydrogen-bond donors (Lipinski definition) is 0. The molecule has 0 atom stereocenters. The van der Waals surface area contributed by atoms with Crippen molar-refractivity contribution in [3.8, 4) is 5.75 Å². The maximum Gasteiger partial charge on any atom is 0.280 e. The largest absolute Gasteiger partial charge is 0.494 e. The maximum atomic E-state index is 14.1. The van der Waals surface area contributed by atoms with E-state index >= 15 is 0 Å². The van der Waals surface area contributed by atoms with Gasteiger partial charge in [-0.2, -0.15) is 8.78 Å². The molecule has 1 fully saturated rings. The van der Waals surface area contributed by atoms with Crippen LogP contribution in [0.5, 0.6) is 5.75 Å². The third kappa shape index (κ3) is 3.27. The fourth-order valence-corrected chi connectivity index (χ4v) is 4.56. The molecule has 4 rings (SSSR count). The second kappa shape index (κ2) is 6.94. The third-order valence-corrected chi connectivity index (χ3v) is 5.53. The Hall–Kier alpha value is -1.87. The normalized spacial score (nSPS) is 13.9. The fraction of sp³-hybridized carbons (Fsp3) is 0.222. The van der Waals surface area contributed by atoms with E-state index < -0.39 is 11.9 Å². The molecule has 0 bridgehead atoms. The van der Waals surface area contributed by atoms with E-state index in [1.807, 2.05) is 0 Å². The zero-order valence-corrected chi connectivity index (χ0v) is 17.1. The summed E-state index contributed by atoms with van der Waals surface area (Å²) in [5.74, 6) is 0.132. The van der Waals surface area contributed by atoms with Crippen molar-refractivity contribution in [2.24, 2.45) is 0 Å². The molecule has 2 aromatic heterocycles. The molecule has 140 valence electrons. The number of methoxy groups -OCH3 is 1. The Labute approximate surface area is 169 Å². The molecule has 0 saturated heterocycles. The lowest BCUT2D eigenvalue weighted by atomic mass is 10.0. The SMILES string of the molecule is COc1c(Br)cc(C(=C(F)F)c2c(C3CC3)nc3ncc(F)cn23)cc1Br. The van der Waals surface area contributed by atoms with E-state index in [9.17, 15) is 13.2 Å². The average Bonchev–Trinajstić information content (AvgIpc) is 3.38. The molecule has 1 aromatic carbocycles. The number of rotatable bonds is 4. The van der Waals surface area contributed by atoms with Crippen LogP contribution in [0.2, 0.25) is 0 Å². The number of hydrogen-bond acceptors (Lipinski definition) is 3. The summed E-state index contributed by atoms with van der Waals surface area (Å²) in [5, 5.41) is 0. The Morgan fingerprint density at radius 1 is 1.22 bits per heavy atom. The van der Waals surface area contributed by atoms with Gasteiger partial charge < -0.3 is 4.74 Å². The van der Waals surface area contributed by atoms with Crippen molar-refractivity contribution in [1.29, 1.82) is 0 Å². The van der Waals surface area contributed by atoms with Crippen LogP contribution in [0.15, 0.2) is 39.6 Å². The van der Waals surface area contributed by atoms with E-state index in [1.165, 1.54) is 11.5 Å². The summed E-state index contributed by atoms with van der Waals surface area (Å²) in [6.07, 6.45) is 1.99. The first-order chi connectivity index (χ1) is 12.9. The zero-order chi connectivity index (χ0) is 19.3. The molecule has 0 unspecified atom stereocenters. The van der Waals surface area contributed by atoms with Gasteiger partial charge in [0.05, 0.1) is 39.2 Å². The van der Waals surface area contributed by atoms with Crippen molar-refractivity contribution in [3.63, 3.8) is 0 Å². The van der Waals surface area contributed by atoms with Gasteiger partial charge in [0.25, 0.3) is 6.08 Å². The van der Waals surface area contributed by atoms with Gasteiger partial charge in [0.1, 0.15) is 5.75 Å². The number of benzene rings is 1. The Bertz CT molecular complexity index is 1070. The summed E-state index contributed by atoms with van der Waals surface area (Å²) in [7, 11) is 1.49. The summed E-state index contributed by atoms with van der Waals surface area (Å²) in [5.41, 5.74) is 0.630. The second-order valence-electron chi connectivity index (χ2n) is 6.17. The molecule has 27 heavy (non-hydrogen) atoms. The zero-order valence-electron chi connectivity index (χ0n) is 13.9. The van der Waals surface area contributed by atoms with Crippen molar-refractivity contribution in [2.75, 3.05) is 7.11 Å². The predicted octanol–water partition coefficient (Wildman–Crippen LogP) is 5.94. The Kier molecular flexibility index (Phi) is 4.75. The van der Waals surface area contributed by atoms with Crippen molar-refractivity contribution in [3.05, 3.63) is 62.3 Å². The number of ether oxygens (including phenoxy) is 1. The minimum absolute atomic E-state index is 0.0734. The van der Waals surface area contributed by atoms with Gasteiger partial charge in [-0.1, -0.05) is 0 Å². The molecule has 0 radical (unpaired) electrons. The maximum absolute atomic E-state index is 14.1. The lowest BCUT2D eigenvalue weighted by Gasteiger charge is -2.13. The van der Waals surface area contributed by atoms with Crippen LogP contribution in [0, 0.1) is 5.82 Å². The molecule has 1 aliphatic rings. The summed E-state index contributed by atoms with van der Waals surface area (Å²) >= 11 is 6.69. The Balaban J connectivity index is 2.01. The van der Waals surface area contributed by atoms with Crippen LogP contribution >= 0.6 is 31.9 Å². The second-order valence-corrected chi connectivity index (χ2v) is 7.88. The number of nitrogens with zero attached hydrogens (tertiary/aromatic N) is 3. The summed E-state index contributed by atoms with van der Waals surface area (Å²) in [4.78, 5) is 8.33. The van der Waals surface area contributed by atoms with E-state index in [4.69, 9.17) is 4.74 Å². The van der Waals surface area contributed by atoms with Crippen LogP contribution in [-0.4, -0.2) is 21.5 Å². The Morgan fingerprint density at radius 3 is 2.44 bits per heavy atom. The molecule has 3 aromatic rings. The van der Waals surface area contributed by atoms with Crippen LogP contribution < -0.4 is 4.74 Å². The van der Waals surface area contributed by atoms with E-state index in [2.05, 4.69) is 41.8 Å². The molecular formula is C18H12Br2F3N3O. The van der Waals surface area contributed by atoms with Gasteiger partial charge in [0, 0.05) is 12.1 Å². The first-order valence-electron chi connectivity index (χ1n) is 8.03. The predicted molar refractivity (Wildman–Crippen MR) is 102 cm³/mol. The lowest BCUT2D eigenvalue weighted by molar-refractivity contribution is 0.409. The molecule has 4 nitrogen and oxygen atoms in total. The molecule has 2 heterocycles. The van der Waals surface area contributed by atoms with E-state index in [0.29, 0.717) is 20.4 Å². The van der Waals surface area contributed by atoms with Crippen molar-refractivity contribution in [1.82, 2.24) is 14.4 Å². The third-order valence-electron chi connectivity index (χ3n) is 4.36. The van der Waals surface area contributed by atoms with Gasteiger partial charge in [-0.3, -0.25) is 4.40 Å². The quantitative estimate of drug-likeness (QED) is 0.443. The fourth-order valence-electron chi connectivity index (χ4n) is 3.05. The summed E-state index contributed by atoms with van der Waals surface area (Å²) in [6.45, 7) is 0. The number of fused-ring (bicyclic) bond motifs is 1. The van der Waals surface area contributed by atoms with Crippen LogP contribution in [-0.2, 0) is 0 Å². The number of halogens is 5. The van der Waals surface area contributed by atoms with Gasteiger partial charge in [0.15, 0.2) is 5.82 Å². The highest BCUT2D eigenvalue weighted by atomic mass is 79.9. The number of imidazole rings is 1. The van der Waals surface area contributed by atoms with Gasteiger partial charge >= 0.3 is 0 Å². The van der Waals surface area contributed by atoms with Crippen molar-refractivity contribution >= 4 is 43.2 Å². The molecule has 0 amide bonds. The molecule has 0 spiro atoms. The van der Waals surface area contributed by atoms with Gasteiger partial charge in [-0.25, -0.2) is 14.4 Å². The average molecular weight is 503 g/mol. The lowest BCUT2D eigenvalue weighted by Crippen LogP contribution is -2.01. The van der Waals surface area contributed by atoms with Gasteiger partial charge in [-0.15, -0.1) is 0 Å². The topological polar surface area (TPSA) is 39.4 Å². The van der Waals surface area contributed by atoms with E-state index in [1.54, 1.807) is 12.1 Å². The molecule has 9 heteroatoms. The standard InChI is InChI=1S/C18H12Br2F3N3O/c1-27-16-11(19)4-9(5-12(16)20)13(17(22)23)15-14(8-2-3-8)25-18-24-6-10(21)7-26(15)18/h4-8H,2-3H2,1H3. The van der Waals surface area contributed by atoms with Gasteiger partial charge in [-0.05, 0) is 62.4 Å². The monoisotopic (exact) mass is 501 g/mol.